The molecule has 0 spiro atoms. The van der Waals surface area contributed by atoms with E-state index in [0.717, 1.165) is 16.8 Å². The van der Waals surface area contributed by atoms with E-state index in [1.54, 1.807) is 6.20 Å². The molecule has 1 aromatic carbocycles. The van der Waals surface area contributed by atoms with Crippen LogP contribution in [0.5, 0.6) is 0 Å². The zero-order valence-electron chi connectivity index (χ0n) is 8.32. The number of aromatic amines is 1. The van der Waals surface area contributed by atoms with Crippen molar-refractivity contribution in [2.24, 2.45) is 5.73 Å². The van der Waals surface area contributed by atoms with Crippen LogP contribution >= 0.6 is 0 Å². The summed E-state index contributed by atoms with van der Waals surface area (Å²) in [7, 11) is 0. The number of rotatable bonds is 2. The minimum Gasteiger partial charge on any atom is -0.363 e. The molecule has 0 unspecified atom stereocenters. The van der Waals surface area contributed by atoms with Crippen LogP contribution in [0.4, 0.5) is 0 Å². The number of hydrogen-bond acceptors (Lipinski definition) is 2. The lowest BCUT2D eigenvalue weighted by Crippen LogP contribution is -2.12. The number of aromatic nitrogens is 2. The molecule has 0 bridgehead atoms. The van der Waals surface area contributed by atoms with Gasteiger partial charge in [0.2, 0.25) is 0 Å². The molecule has 1 amide bonds. The summed E-state index contributed by atoms with van der Waals surface area (Å²) in [4.78, 5) is 17.6. The predicted molar refractivity (Wildman–Crippen MR) is 57.3 cm³/mol. The SMILES string of the molecule is Cc1ccccc1-c1cnc(C(N)=O)[nH]1. The van der Waals surface area contributed by atoms with Gasteiger partial charge in [0.05, 0.1) is 11.9 Å². The Hall–Kier alpha value is -2.10. The molecule has 76 valence electrons. The van der Waals surface area contributed by atoms with Crippen LogP contribution < -0.4 is 5.73 Å². The lowest BCUT2D eigenvalue weighted by atomic mass is 10.1. The zero-order chi connectivity index (χ0) is 10.8. The van der Waals surface area contributed by atoms with E-state index < -0.39 is 5.91 Å². The van der Waals surface area contributed by atoms with Gasteiger partial charge in [-0.2, -0.15) is 0 Å². The lowest BCUT2D eigenvalue weighted by molar-refractivity contribution is 0.0991. The molecule has 1 aromatic heterocycles. The molecule has 4 nitrogen and oxygen atoms in total. The van der Waals surface area contributed by atoms with Crippen molar-refractivity contribution in [1.29, 1.82) is 0 Å². The molecule has 0 saturated carbocycles. The van der Waals surface area contributed by atoms with E-state index in [2.05, 4.69) is 9.97 Å². The number of H-pyrrole nitrogens is 1. The monoisotopic (exact) mass is 201 g/mol. The van der Waals surface area contributed by atoms with Gasteiger partial charge in [-0.3, -0.25) is 4.79 Å². The van der Waals surface area contributed by atoms with Crippen LogP contribution in [0.2, 0.25) is 0 Å². The maximum absolute atomic E-state index is 10.9. The summed E-state index contributed by atoms with van der Waals surface area (Å²) in [6.45, 7) is 2.00. The van der Waals surface area contributed by atoms with Crippen molar-refractivity contribution in [3.8, 4) is 11.3 Å². The van der Waals surface area contributed by atoms with Gasteiger partial charge in [0.15, 0.2) is 5.82 Å². The molecule has 15 heavy (non-hydrogen) atoms. The molecule has 0 aliphatic heterocycles. The summed E-state index contributed by atoms with van der Waals surface area (Å²) in [5.41, 5.74) is 8.07. The van der Waals surface area contributed by atoms with Crippen molar-refractivity contribution in [2.75, 3.05) is 0 Å². The second kappa shape index (κ2) is 3.57. The molecule has 0 atom stereocenters. The number of carbonyl (C=O) groups excluding carboxylic acids is 1. The Balaban J connectivity index is 2.46. The molecule has 2 aromatic rings. The smallest absolute Gasteiger partial charge is 0.284 e. The van der Waals surface area contributed by atoms with Gasteiger partial charge in [0.1, 0.15) is 0 Å². The van der Waals surface area contributed by atoms with Gasteiger partial charge < -0.3 is 10.7 Å². The first kappa shape index (κ1) is 9.45. The third kappa shape index (κ3) is 1.74. The molecule has 0 fully saturated rings. The second-order valence-corrected chi connectivity index (χ2v) is 3.32. The number of aryl methyl sites for hydroxylation is 1. The van der Waals surface area contributed by atoms with Crippen LogP contribution in [0, 0.1) is 6.92 Å². The molecule has 0 aliphatic carbocycles. The van der Waals surface area contributed by atoms with Gasteiger partial charge in [-0.05, 0) is 12.5 Å². The van der Waals surface area contributed by atoms with Crippen molar-refractivity contribution >= 4 is 5.91 Å². The maximum atomic E-state index is 10.9. The highest BCUT2D eigenvalue weighted by atomic mass is 16.1. The van der Waals surface area contributed by atoms with E-state index in [1.165, 1.54) is 0 Å². The minimum atomic E-state index is -0.546. The fourth-order valence-corrected chi connectivity index (χ4v) is 1.46. The molecule has 3 N–H and O–H groups in total. The Morgan fingerprint density at radius 1 is 1.40 bits per heavy atom. The van der Waals surface area contributed by atoms with E-state index in [-0.39, 0.29) is 5.82 Å². The number of primary amides is 1. The molecule has 0 radical (unpaired) electrons. The Kier molecular flexibility index (Phi) is 2.25. The largest absolute Gasteiger partial charge is 0.363 e. The predicted octanol–water partition coefficient (Wildman–Crippen LogP) is 1.48. The van der Waals surface area contributed by atoms with E-state index in [0.29, 0.717) is 0 Å². The average Bonchev–Trinajstić information content (AvgIpc) is 2.67. The number of nitrogens with zero attached hydrogens (tertiary/aromatic N) is 1. The molecule has 2 rings (SSSR count). The summed E-state index contributed by atoms with van der Waals surface area (Å²) in [6, 6.07) is 7.87. The van der Waals surface area contributed by atoms with E-state index in [4.69, 9.17) is 5.73 Å². The third-order valence-corrected chi connectivity index (χ3v) is 2.24. The van der Waals surface area contributed by atoms with E-state index in [9.17, 15) is 4.79 Å². The van der Waals surface area contributed by atoms with Crippen LogP contribution in [0.1, 0.15) is 16.2 Å². The topological polar surface area (TPSA) is 71.8 Å². The molecule has 0 aliphatic rings. The number of imidazole rings is 1. The van der Waals surface area contributed by atoms with Gasteiger partial charge >= 0.3 is 0 Å². The maximum Gasteiger partial charge on any atom is 0.284 e. The highest BCUT2D eigenvalue weighted by Gasteiger charge is 2.08. The normalized spacial score (nSPS) is 10.2. The number of amides is 1. The second-order valence-electron chi connectivity index (χ2n) is 3.32. The summed E-state index contributed by atoms with van der Waals surface area (Å²) in [5, 5.41) is 0. The number of benzene rings is 1. The standard InChI is InChI=1S/C11H11N3O/c1-7-4-2-3-5-8(7)9-6-13-11(14-9)10(12)15/h2-6H,1H3,(H2,12,15)(H,13,14). The number of nitrogens with one attached hydrogen (secondary N) is 1. The van der Waals surface area contributed by atoms with Crippen molar-refractivity contribution in [1.82, 2.24) is 9.97 Å². The molecule has 4 heteroatoms. The van der Waals surface area contributed by atoms with Gasteiger partial charge in [0.25, 0.3) is 5.91 Å². The molecular formula is C11H11N3O. The number of carbonyl (C=O) groups is 1. The van der Waals surface area contributed by atoms with Crippen molar-refractivity contribution in [3.63, 3.8) is 0 Å². The average molecular weight is 201 g/mol. The van der Waals surface area contributed by atoms with Gasteiger partial charge in [0, 0.05) is 5.56 Å². The quantitative estimate of drug-likeness (QED) is 0.772. The van der Waals surface area contributed by atoms with E-state index in [1.807, 2.05) is 31.2 Å². The minimum absolute atomic E-state index is 0.188. The van der Waals surface area contributed by atoms with Crippen LogP contribution in [-0.2, 0) is 0 Å². The highest BCUT2D eigenvalue weighted by Crippen LogP contribution is 2.20. The van der Waals surface area contributed by atoms with Gasteiger partial charge in [-0.15, -0.1) is 0 Å². The van der Waals surface area contributed by atoms with Crippen LogP contribution in [-0.4, -0.2) is 15.9 Å². The zero-order valence-corrected chi connectivity index (χ0v) is 8.32. The molecular weight excluding hydrogens is 190 g/mol. The number of hydrogen-bond donors (Lipinski definition) is 2. The summed E-state index contributed by atoms with van der Waals surface area (Å²) >= 11 is 0. The summed E-state index contributed by atoms with van der Waals surface area (Å²) in [5.74, 6) is -0.358. The lowest BCUT2D eigenvalue weighted by Gasteiger charge is -2.01. The van der Waals surface area contributed by atoms with E-state index >= 15 is 0 Å². The van der Waals surface area contributed by atoms with Crippen molar-refractivity contribution in [3.05, 3.63) is 41.9 Å². The fraction of sp³-hybridized carbons (Fsp3) is 0.0909. The first-order chi connectivity index (χ1) is 7.18. The molecule has 1 heterocycles. The first-order valence-electron chi connectivity index (χ1n) is 4.59. The van der Waals surface area contributed by atoms with Gasteiger partial charge in [-0.1, -0.05) is 24.3 Å². The van der Waals surface area contributed by atoms with Gasteiger partial charge in [-0.25, -0.2) is 4.98 Å². The first-order valence-corrected chi connectivity index (χ1v) is 4.59. The molecule has 0 saturated heterocycles. The fourth-order valence-electron chi connectivity index (χ4n) is 1.46. The summed E-state index contributed by atoms with van der Waals surface area (Å²) < 4.78 is 0. The van der Waals surface area contributed by atoms with Crippen LogP contribution in [0.25, 0.3) is 11.3 Å². The Bertz CT molecular complexity index is 502. The Morgan fingerprint density at radius 2 is 2.13 bits per heavy atom. The van der Waals surface area contributed by atoms with Crippen LogP contribution in [0.3, 0.4) is 0 Å². The van der Waals surface area contributed by atoms with Crippen molar-refractivity contribution in [2.45, 2.75) is 6.92 Å². The van der Waals surface area contributed by atoms with Crippen molar-refractivity contribution < 1.29 is 4.79 Å². The number of nitrogens with two attached hydrogens (primary N) is 1. The Labute approximate surface area is 87.1 Å². The summed E-state index contributed by atoms with van der Waals surface area (Å²) in [6.07, 6.45) is 1.61. The Morgan fingerprint density at radius 3 is 2.73 bits per heavy atom. The highest BCUT2D eigenvalue weighted by molar-refractivity contribution is 5.89. The third-order valence-electron chi connectivity index (χ3n) is 2.24. The van der Waals surface area contributed by atoms with Crippen LogP contribution in [0.15, 0.2) is 30.5 Å².